The number of hydrogen-bond acceptors (Lipinski definition) is 8. The van der Waals surface area contributed by atoms with Gasteiger partial charge >= 0.3 is 0 Å². The molecule has 0 spiro atoms. The fourth-order valence-electron chi connectivity index (χ4n) is 4.44. The predicted octanol–water partition coefficient (Wildman–Crippen LogP) is 7.77. The van der Waals surface area contributed by atoms with Gasteiger partial charge in [0.05, 0.1) is 26.4 Å². The van der Waals surface area contributed by atoms with E-state index in [1.165, 1.54) is 0 Å². The van der Waals surface area contributed by atoms with Crippen LogP contribution in [0.5, 0.6) is 23.0 Å². The summed E-state index contributed by atoms with van der Waals surface area (Å²) in [5.41, 5.74) is 4.41. The van der Waals surface area contributed by atoms with Crippen molar-refractivity contribution >= 4 is 24.3 Å². The highest BCUT2D eigenvalue weighted by Gasteiger charge is 2.05. The lowest BCUT2D eigenvalue weighted by Gasteiger charge is -2.13. The number of pyridine rings is 2. The van der Waals surface area contributed by atoms with Gasteiger partial charge < -0.3 is 28.4 Å². The van der Waals surface area contributed by atoms with Crippen LogP contribution < -0.4 is 18.9 Å². The Bertz CT molecular complexity index is 1530. The topological polar surface area (TPSA) is 81.2 Å². The van der Waals surface area contributed by atoms with Crippen LogP contribution in [0.3, 0.4) is 0 Å². The molecule has 8 heteroatoms. The van der Waals surface area contributed by atoms with Gasteiger partial charge in [-0.1, -0.05) is 60.7 Å². The molecule has 0 amide bonds. The van der Waals surface area contributed by atoms with E-state index < -0.39 is 0 Å². The summed E-state index contributed by atoms with van der Waals surface area (Å²) in [6.07, 6.45) is 15.3. The summed E-state index contributed by atoms with van der Waals surface area (Å²) in [6.45, 7) is 3.49. The summed E-state index contributed by atoms with van der Waals surface area (Å²) >= 11 is 0. The van der Waals surface area contributed by atoms with Crippen molar-refractivity contribution in [2.75, 3.05) is 52.9 Å². The molecule has 246 valence electrons. The molecule has 5 aromatic rings. The fourth-order valence-corrected chi connectivity index (χ4v) is 4.44. The molecule has 0 bridgehead atoms. The molecule has 2 heterocycles. The second kappa shape index (κ2) is 19.9. The zero-order valence-corrected chi connectivity index (χ0v) is 26.9. The average Bonchev–Trinajstić information content (AvgIpc) is 3.14. The van der Waals surface area contributed by atoms with Gasteiger partial charge in [-0.25, -0.2) is 0 Å². The minimum absolute atomic E-state index is 0.398. The van der Waals surface area contributed by atoms with Crippen LogP contribution in [-0.4, -0.2) is 62.8 Å². The molecule has 5 rings (SSSR count). The van der Waals surface area contributed by atoms with Gasteiger partial charge in [0.25, 0.3) is 0 Å². The van der Waals surface area contributed by atoms with Crippen LogP contribution in [0.15, 0.2) is 122 Å². The number of rotatable bonds is 20. The highest BCUT2D eigenvalue weighted by Crippen LogP contribution is 2.26. The third kappa shape index (κ3) is 12.4. The van der Waals surface area contributed by atoms with Crippen molar-refractivity contribution < 1.29 is 28.4 Å². The first-order valence-electron chi connectivity index (χ1n) is 15.9. The first-order chi connectivity index (χ1) is 23.8. The number of para-hydroxylation sites is 2. The minimum Gasteiger partial charge on any atom is -0.491 e. The third-order valence-electron chi connectivity index (χ3n) is 6.92. The lowest BCUT2D eigenvalue weighted by atomic mass is 10.1. The number of aromatic nitrogens is 2. The number of ether oxygens (including phenoxy) is 6. The van der Waals surface area contributed by atoms with Crippen molar-refractivity contribution in [2.24, 2.45) is 0 Å². The first-order valence-corrected chi connectivity index (χ1v) is 15.9. The van der Waals surface area contributed by atoms with Gasteiger partial charge in [-0.3, -0.25) is 9.97 Å². The van der Waals surface area contributed by atoms with E-state index in [-0.39, 0.29) is 0 Å². The maximum absolute atomic E-state index is 5.89. The van der Waals surface area contributed by atoms with E-state index in [1.54, 1.807) is 24.8 Å². The molecule has 0 N–H and O–H groups in total. The fraction of sp³-hybridized carbons (Fsp3) is 0.200. The summed E-state index contributed by atoms with van der Waals surface area (Å²) in [4.78, 5) is 8.07. The monoisotopic (exact) mass is 644 g/mol. The van der Waals surface area contributed by atoms with E-state index in [0.29, 0.717) is 64.4 Å². The number of benzene rings is 3. The summed E-state index contributed by atoms with van der Waals surface area (Å²) < 4.78 is 34.7. The number of nitrogens with zero attached hydrogens (tertiary/aromatic N) is 2. The molecular weight excluding hydrogens is 604 g/mol. The Balaban J connectivity index is 0.889. The Morgan fingerprint density at radius 2 is 0.688 bits per heavy atom. The van der Waals surface area contributed by atoms with Crippen LogP contribution in [0.25, 0.3) is 24.3 Å². The molecule has 0 radical (unpaired) electrons. The summed E-state index contributed by atoms with van der Waals surface area (Å²) in [5, 5.41) is 0. The second-order valence-electron chi connectivity index (χ2n) is 10.4. The molecule has 0 saturated carbocycles. The van der Waals surface area contributed by atoms with Crippen molar-refractivity contribution in [3.05, 3.63) is 144 Å². The second-order valence-corrected chi connectivity index (χ2v) is 10.4. The van der Waals surface area contributed by atoms with Gasteiger partial charge in [-0.05, 0) is 82.9 Å². The molecule has 2 aromatic heterocycles. The highest BCUT2D eigenvalue weighted by atomic mass is 16.6. The van der Waals surface area contributed by atoms with Crippen LogP contribution in [0, 0.1) is 0 Å². The molecule has 0 unspecified atom stereocenters. The van der Waals surface area contributed by atoms with E-state index in [2.05, 4.69) is 34.3 Å². The van der Waals surface area contributed by atoms with Gasteiger partial charge in [0.15, 0.2) is 11.5 Å². The lowest BCUT2D eigenvalue weighted by Crippen LogP contribution is -2.14. The van der Waals surface area contributed by atoms with Crippen molar-refractivity contribution in [2.45, 2.75) is 0 Å². The Morgan fingerprint density at radius 3 is 1.06 bits per heavy atom. The van der Waals surface area contributed by atoms with Crippen LogP contribution in [0.1, 0.15) is 22.3 Å². The van der Waals surface area contributed by atoms with Crippen LogP contribution in [0.2, 0.25) is 0 Å². The largest absolute Gasteiger partial charge is 0.491 e. The Kier molecular flexibility index (Phi) is 14.1. The Morgan fingerprint density at radius 1 is 0.354 bits per heavy atom. The molecular formula is C40H40N2O6. The Hall–Kier alpha value is -5.44. The molecule has 8 nitrogen and oxygen atoms in total. The zero-order valence-electron chi connectivity index (χ0n) is 26.9. The molecule has 0 aliphatic heterocycles. The van der Waals surface area contributed by atoms with Crippen molar-refractivity contribution in [3.63, 3.8) is 0 Å². The SMILES string of the molecule is C(=C\c1ccc(OCCOCCOc2ccccc2OCCOCCOc2ccc(/C=C/c3ccncc3)cc2)cc1)/c1ccncc1. The Labute approximate surface area is 282 Å². The summed E-state index contributed by atoms with van der Waals surface area (Å²) in [7, 11) is 0. The van der Waals surface area contributed by atoms with E-state index in [1.807, 2.05) is 97.1 Å². The van der Waals surface area contributed by atoms with Crippen LogP contribution >= 0.6 is 0 Å². The first kappa shape index (κ1) is 33.9. The third-order valence-corrected chi connectivity index (χ3v) is 6.92. The highest BCUT2D eigenvalue weighted by molar-refractivity contribution is 5.70. The molecule has 0 aliphatic rings. The van der Waals surface area contributed by atoms with E-state index in [0.717, 1.165) is 33.8 Å². The van der Waals surface area contributed by atoms with E-state index >= 15 is 0 Å². The molecule has 48 heavy (non-hydrogen) atoms. The quantitative estimate of drug-likeness (QED) is 0.0796. The minimum atomic E-state index is 0.398. The zero-order chi connectivity index (χ0) is 32.9. The van der Waals surface area contributed by atoms with Crippen molar-refractivity contribution in [1.82, 2.24) is 9.97 Å². The van der Waals surface area contributed by atoms with Gasteiger partial charge in [-0.2, -0.15) is 0 Å². The maximum Gasteiger partial charge on any atom is 0.161 e. The number of hydrogen-bond donors (Lipinski definition) is 0. The van der Waals surface area contributed by atoms with E-state index in [4.69, 9.17) is 28.4 Å². The van der Waals surface area contributed by atoms with Gasteiger partial charge in [0.2, 0.25) is 0 Å². The van der Waals surface area contributed by atoms with E-state index in [9.17, 15) is 0 Å². The lowest BCUT2D eigenvalue weighted by molar-refractivity contribution is 0.0699. The van der Waals surface area contributed by atoms with Crippen molar-refractivity contribution in [1.29, 1.82) is 0 Å². The van der Waals surface area contributed by atoms with Gasteiger partial charge in [0.1, 0.15) is 37.9 Å². The van der Waals surface area contributed by atoms with Crippen LogP contribution in [0.4, 0.5) is 0 Å². The molecule has 0 aliphatic carbocycles. The summed E-state index contributed by atoms with van der Waals surface area (Å²) in [5.74, 6) is 2.93. The maximum atomic E-state index is 5.89. The average molecular weight is 645 g/mol. The summed E-state index contributed by atoms with van der Waals surface area (Å²) in [6, 6.07) is 31.3. The van der Waals surface area contributed by atoms with Gasteiger partial charge in [0, 0.05) is 24.8 Å². The molecule has 3 aromatic carbocycles. The predicted molar refractivity (Wildman–Crippen MR) is 189 cm³/mol. The smallest absolute Gasteiger partial charge is 0.161 e. The molecule has 0 fully saturated rings. The standard InChI is InChI=1S/C40H40N2O6/c1-2-4-40(48-32-28-44-26-30-46-38-15-11-34(12-16-38)6-8-36-19-23-42-24-20-36)39(3-1)47-31-27-43-25-29-45-37-13-9-33(10-14-37)5-7-35-17-21-41-22-18-35/h1-24H,25-32H2/b7-5+,8-6+. The normalized spacial score (nSPS) is 11.2. The van der Waals surface area contributed by atoms with Gasteiger partial charge in [-0.15, -0.1) is 0 Å². The van der Waals surface area contributed by atoms with Crippen molar-refractivity contribution in [3.8, 4) is 23.0 Å². The molecule has 0 atom stereocenters. The van der Waals surface area contributed by atoms with Crippen LogP contribution in [-0.2, 0) is 9.47 Å². The molecule has 0 saturated heterocycles.